The number of rotatable bonds is 4. The minimum Gasteiger partial charge on any atom is -0.382 e. The number of carbonyl (C=O) groups is 1. The number of nitrogens with one attached hydrogen (secondary N) is 2. The third kappa shape index (κ3) is 3.33. The Morgan fingerprint density at radius 1 is 1.40 bits per heavy atom. The summed E-state index contributed by atoms with van der Waals surface area (Å²) in [6.45, 7) is 2.65. The number of nitrogens with zero attached hydrogens (tertiary/aromatic N) is 1. The summed E-state index contributed by atoms with van der Waals surface area (Å²) in [6.07, 6.45) is 0. The summed E-state index contributed by atoms with van der Waals surface area (Å²) in [5, 5.41) is 7.13. The molecule has 0 spiro atoms. The number of carbonyl (C=O) groups excluding carboxylic acids is 1. The van der Waals surface area contributed by atoms with Crippen LogP contribution in [0.3, 0.4) is 0 Å². The number of nitrogens with two attached hydrogens (primary N) is 1. The number of amides is 1. The third-order valence-electron chi connectivity index (χ3n) is 2.37. The normalized spacial score (nSPS) is 10.3. The van der Waals surface area contributed by atoms with Crippen LogP contribution < -0.4 is 16.4 Å². The van der Waals surface area contributed by atoms with Crippen LogP contribution in [0.4, 0.5) is 16.6 Å². The fourth-order valence-corrected chi connectivity index (χ4v) is 2.63. The van der Waals surface area contributed by atoms with E-state index in [4.69, 9.17) is 28.9 Å². The minimum atomic E-state index is -0.331. The number of hydrogen-bond donors (Lipinski definition) is 3. The highest BCUT2D eigenvalue weighted by atomic mass is 35.5. The van der Waals surface area contributed by atoms with Crippen LogP contribution in [0.2, 0.25) is 10.0 Å². The zero-order valence-electron chi connectivity index (χ0n) is 10.5. The molecule has 20 heavy (non-hydrogen) atoms. The second kappa shape index (κ2) is 6.30. The Hall–Kier alpha value is -1.50. The van der Waals surface area contributed by atoms with Crippen molar-refractivity contribution >= 4 is 57.1 Å². The van der Waals surface area contributed by atoms with Crippen LogP contribution in [-0.4, -0.2) is 17.4 Å². The van der Waals surface area contributed by atoms with Crippen molar-refractivity contribution in [3.8, 4) is 0 Å². The fraction of sp³-hybridized carbons (Fsp3) is 0.167. The molecule has 4 N–H and O–H groups in total. The van der Waals surface area contributed by atoms with Crippen LogP contribution in [0.25, 0.3) is 0 Å². The zero-order valence-corrected chi connectivity index (χ0v) is 12.9. The largest absolute Gasteiger partial charge is 0.382 e. The van der Waals surface area contributed by atoms with E-state index in [1.54, 1.807) is 18.2 Å². The van der Waals surface area contributed by atoms with E-state index < -0.39 is 0 Å². The first-order chi connectivity index (χ1) is 9.51. The number of anilines is 3. The highest BCUT2D eigenvalue weighted by Crippen LogP contribution is 2.28. The van der Waals surface area contributed by atoms with Crippen molar-refractivity contribution in [2.45, 2.75) is 6.92 Å². The zero-order chi connectivity index (χ0) is 14.7. The Bertz CT molecular complexity index is 644. The van der Waals surface area contributed by atoms with E-state index in [9.17, 15) is 4.79 Å². The van der Waals surface area contributed by atoms with Crippen molar-refractivity contribution in [2.75, 3.05) is 22.9 Å². The number of nitrogen functional groups attached to an aromatic ring is 1. The lowest BCUT2D eigenvalue weighted by molar-refractivity contribution is 0.103. The molecule has 0 atom stereocenters. The van der Waals surface area contributed by atoms with E-state index in [0.29, 0.717) is 32.3 Å². The molecule has 8 heteroatoms. The molecule has 0 aliphatic rings. The number of hydrogen-bond acceptors (Lipinski definition) is 5. The molecule has 0 fully saturated rings. The molecule has 0 saturated carbocycles. The van der Waals surface area contributed by atoms with Gasteiger partial charge in [0.2, 0.25) is 0 Å². The van der Waals surface area contributed by atoms with Gasteiger partial charge in [-0.25, -0.2) is 4.98 Å². The van der Waals surface area contributed by atoms with Crippen molar-refractivity contribution in [1.29, 1.82) is 0 Å². The molecule has 0 saturated heterocycles. The molecule has 0 aliphatic heterocycles. The SMILES string of the molecule is CCNc1nc(N)c(C(=O)Nc2ccc(Cl)c(Cl)c2)s1. The maximum Gasteiger partial charge on any atom is 0.269 e. The van der Waals surface area contributed by atoms with E-state index in [0.717, 1.165) is 0 Å². The Morgan fingerprint density at radius 2 is 2.15 bits per heavy atom. The van der Waals surface area contributed by atoms with Gasteiger partial charge in [0.1, 0.15) is 10.7 Å². The summed E-state index contributed by atoms with van der Waals surface area (Å²) in [4.78, 5) is 16.5. The smallest absolute Gasteiger partial charge is 0.269 e. The Balaban J connectivity index is 2.17. The molecule has 106 valence electrons. The molecule has 0 bridgehead atoms. The molecule has 1 heterocycles. The van der Waals surface area contributed by atoms with Crippen molar-refractivity contribution in [1.82, 2.24) is 4.98 Å². The van der Waals surface area contributed by atoms with Crippen molar-refractivity contribution in [3.05, 3.63) is 33.1 Å². The van der Waals surface area contributed by atoms with E-state index in [1.165, 1.54) is 11.3 Å². The molecule has 0 unspecified atom stereocenters. The quantitative estimate of drug-likeness (QED) is 0.798. The Labute approximate surface area is 130 Å². The van der Waals surface area contributed by atoms with Gasteiger partial charge in [-0.05, 0) is 25.1 Å². The van der Waals surface area contributed by atoms with Crippen LogP contribution in [0.15, 0.2) is 18.2 Å². The van der Waals surface area contributed by atoms with Gasteiger partial charge in [-0.2, -0.15) is 0 Å². The minimum absolute atomic E-state index is 0.198. The van der Waals surface area contributed by atoms with E-state index >= 15 is 0 Å². The van der Waals surface area contributed by atoms with Gasteiger partial charge in [-0.3, -0.25) is 4.79 Å². The van der Waals surface area contributed by atoms with E-state index in [-0.39, 0.29) is 11.7 Å². The summed E-state index contributed by atoms with van der Waals surface area (Å²) in [6, 6.07) is 4.85. The monoisotopic (exact) mass is 330 g/mol. The first-order valence-corrected chi connectivity index (χ1v) is 7.35. The van der Waals surface area contributed by atoms with E-state index in [2.05, 4.69) is 15.6 Å². The van der Waals surface area contributed by atoms with Gasteiger partial charge >= 0.3 is 0 Å². The summed E-state index contributed by atoms with van der Waals surface area (Å²) < 4.78 is 0. The summed E-state index contributed by atoms with van der Waals surface area (Å²) in [7, 11) is 0. The first kappa shape index (κ1) is 14.9. The van der Waals surface area contributed by atoms with Gasteiger partial charge in [-0.1, -0.05) is 34.5 Å². The van der Waals surface area contributed by atoms with Crippen molar-refractivity contribution in [2.24, 2.45) is 0 Å². The average molecular weight is 331 g/mol. The van der Waals surface area contributed by atoms with Gasteiger partial charge in [-0.15, -0.1) is 0 Å². The highest BCUT2D eigenvalue weighted by Gasteiger charge is 2.16. The number of halogens is 2. The van der Waals surface area contributed by atoms with Gasteiger partial charge in [0.05, 0.1) is 10.0 Å². The molecule has 1 aromatic carbocycles. The first-order valence-electron chi connectivity index (χ1n) is 5.77. The second-order valence-electron chi connectivity index (χ2n) is 3.85. The molecular formula is C12H12Cl2N4OS. The molecule has 1 aromatic heterocycles. The summed E-state index contributed by atoms with van der Waals surface area (Å²) >= 11 is 12.9. The molecule has 0 aliphatic carbocycles. The van der Waals surface area contributed by atoms with Crippen LogP contribution in [0.1, 0.15) is 16.6 Å². The van der Waals surface area contributed by atoms with Gasteiger partial charge in [0.25, 0.3) is 5.91 Å². The second-order valence-corrected chi connectivity index (χ2v) is 5.66. The van der Waals surface area contributed by atoms with Crippen LogP contribution >= 0.6 is 34.5 Å². The lowest BCUT2D eigenvalue weighted by Gasteiger charge is -2.05. The molecule has 2 aromatic rings. The maximum atomic E-state index is 12.1. The molecule has 5 nitrogen and oxygen atoms in total. The van der Waals surface area contributed by atoms with Crippen LogP contribution in [0, 0.1) is 0 Å². The average Bonchev–Trinajstić information content (AvgIpc) is 2.75. The van der Waals surface area contributed by atoms with Crippen molar-refractivity contribution < 1.29 is 4.79 Å². The lowest BCUT2D eigenvalue weighted by Crippen LogP contribution is -2.12. The Morgan fingerprint density at radius 3 is 2.80 bits per heavy atom. The molecular weight excluding hydrogens is 319 g/mol. The molecule has 2 rings (SSSR count). The summed E-state index contributed by atoms with van der Waals surface area (Å²) in [5.74, 6) is -0.133. The van der Waals surface area contributed by atoms with E-state index in [1.807, 2.05) is 6.92 Å². The highest BCUT2D eigenvalue weighted by molar-refractivity contribution is 7.18. The van der Waals surface area contributed by atoms with Crippen LogP contribution in [-0.2, 0) is 0 Å². The fourth-order valence-electron chi connectivity index (χ4n) is 1.48. The number of benzene rings is 1. The Kier molecular flexibility index (Phi) is 4.69. The van der Waals surface area contributed by atoms with Gasteiger partial charge in [0.15, 0.2) is 5.13 Å². The topological polar surface area (TPSA) is 80.0 Å². The number of thiazole rings is 1. The standard InChI is InChI=1S/C12H12Cl2N4OS/c1-2-16-12-18-10(15)9(20-12)11(19)17-6-3-4-7(13)8(14)5-6/h3-5H,2,15H2,1H3,(H,16,18)(H,17,19). The van der Waals surface area contributed by atoms with Crippen molar-refractivity contribution in [3.63, 3.8) is 0 Å². The summed E-state index contributed by atoms with van der Waals surface area (Å²) in [5.41, 5.74) is 6.28. The lowest BCUT2D eigenvalue weighted by atomic mass is 10.3. The maximum absolute atomic E-state index is 12.1. The third-order valence-corrected chi connectivity index (χ3v) is 4.13. The van der Waals surface area contributed by atoms with Crippen LogP contribution in [0.5, 0.6) is 0 Å². The number of aromatic nitrogens is 1. The van der Waals surface area contributed by atoms with Gasteiger partial charge < -0.3 is 16.4 Å². The molecule has 0 radical (unpaired) electrons. The predicted octanol–water partition coefficient (Wildman–Crippen LogP) is 3.72. The van der Waals surface area contributed by atoms with Gasteiger partial charge in [0, 0.05) is 12.2 Å². The predicted molar refractivity (Wildman–Crippen MR) is 85.1 cm³/mol. The molecule has 1 amide bonds.